The number of allylic oxidation sites excluding steroid dienone is 1. The van der Waals surface area contributed by atoms with E-state index in [0.717, 1.165) is 23.3 Å². The Kier molecular flexibility index (Phi) is 11.6. The van der Waals surface area contributed by atoms with Crippen LogP contribution in [0.1, 0.15) is 15.9 Å². The van der Waals surface area contributed by atoms with E-state index < -0.39 is 35.8 Å². The summed E-state index contributed by atoms with van der Waals surface area (Å²) in [5.41, 5.74) is 11.6. The summed E-state index contributed by atoms with van der Waals surface area (Å²) in [7, 11) is -9.65. The molecule has 0 fully saturated rings. The largest absolute Gasteiger partial charge is 1.00 e. The number of nitrogens with one attached hydrogen (secondary N) is 1. The fourth-order valence-corrected chi connectivity index (χ4v) is 6.33. The van der Waals surface area contributed by atoms with Gasteiger partial charge in [-0.05, 0) is 47.5 Å². The second kappa shape index (κ2) is 14.9. The van der Waals surface area contributed by atoms with E-state index in [-0.39, 0.29) is 92.7 Å². The molecule has 12 nitrogen and oxygen atoms in total. The normalized spacial score (nSPS) is 13.8. The molecule has 16 heteroatoms. The summed E-state index contributed by atoms with van der Waals surface area (Å²) in [6, 6.07) is 27.4. The third-order valence-electron chi connectivity index (χ3n) is 7.17. The molecule has 0 aliphatic heterocycles. The molecule has 0 aromatic heterocycles. The molecule has 0 spiro atoms. The van der Waals surface area contributed by atoms with Crippen molar-refractivity contribution in [3.63, 3.8) is 0 Å². The molecule has 5 aromatic carbocycles. The molecule has 48 heavy (non-hydrogen) atoms. The summed E-state index contributed by atoms with van der Waals surface area (Å²) in [6.45, 7) is 0. The summed E-state index contributed by atoms with van der Waals surface area (Å²) in [5, 5.41) is 12.9. The number of hydrazone groups is 1. The molecule has 0 radical (unpaired) electrons. The van der Waals surface area contributed by atoms with Gasteiger partial charge in [-0.3, -0.25) is 10.2 Å². The quantitative estimate of drug-likeness (QED) is 0.0769. The number of anilines is 2. The van der Waals surface area contributed by atoms with Crippen LogP contribution in [0.5, 0.6) is 0 Å². The van der Waals surface area contributed by atoms with Gasteiger partial charge in [0.05, 0.1) is 26.9 Å². The molecule has 5 aromatic rings. The second-order valence-corrected chi connectivity index (χ2v) is 12.8. The van der Waals surface area contributed by atoms with Crippen LogP contribution in [0.25, 0.3) is 26.8 Å². The number of carbonyl (C=O) groups is 1. The number of hydrogen-bond acceptors (Lipinski definition) is 12. The predicted octanol–water partition coefficient (Wildman–Crippen LogP) is -0.0330. The van der Waals surface area contributed by atoms with E-state index in [0.29, 0.717) is 16.8 Å². The molecule has 3 N–H and O–H groups in total. The van der Waals surface area contributed by atoms with Gasteiger partial charge in [-0.1, -0.05) is 72.8 Å². The summed E-state index contributed by atoms with van der Waals surface area (Å²) >= 11 is 0. The van der Waals surface area contributed by atoms with Gasteiger partial charge in [0.1, 0.15) is 31.6 Å². The van der Waals surface area contributed by atoms with Crippen LogP contribution in [0.15, 0.2) is 129 Å². The Balaban J connectivity index is 0.00000260. The molecule has 0 unspecified atom stereocenters. The standard InChI is InChI=1S/C32H23N5O7S2.2Na/c33-31-25-7-3-1-5-23(25)29(45(39,40)41)17-27(31)36-34-21-13-9-19(10-14-21)20-11-15-22(16-12-20)35-37-28-18-30(46(42,43)44)24-6-2-4-8-26(24)32(28)38;;/h1-18,35H,33H2,(H,39,40,41)(H,42,43,44);;/q;2*+1/p-2/b36-34?,37-28-;;. The zero-order valence-electron chi connectivity index (χ0n) is 25.5. The summed E-state index contributed by atoms with van der Waals surface area (Å²) in [5.74, 6) is -0.525. The number of rotatable bonds is 7. The van der Waals surface area contributed by atoms with E-state index >= 15 is 0 Å². The number of benzene rings is 5. The van der Waals surface area contributed by atoms with E-state index in [4.69, 9.17) is 5.73 Å². The van der Waals surface area contributed by atoms with Gasteiger partial charge in [0.2, 0.25) is 5.78 Å². The molecular weight excluding hydrogens is 676 g/mol. The van der Waals surface area contributed by atoms with Crippen LogP contribution in [0.2, 0.25) is 0 Å². The van der Waals surface area contributed by atoms with Gasteiger partial charge in [0, 0.05) is 21.9 Å². The Hall–Kier alpha value is -3.54. The van der Waals surface area contributed by atoms with Crippen LogP contribution in [0, 0.1) is 0 Å². The van der Waals surface area contributed by atoms with Crippen molar-refractivity contribution in [3.8, 4) is 11.1 Å². The van der Waals surface area contributed by atoms with Crippen molar-refractivity contribution >= 4 is 70.2 Å². The third kappa shape index (κ3) is 7.84. The van der Waals surface area contributed by atoms with E-state index in [9.17, 15) is 30.7 Å². The van der Waals surface area contributed by atoms with Crippen LogP contribution in [-0.2, 0) is 20.2 Å². The Bertz CT molecular complexity index is 2360. The molecule has 0 saturated heterocycles. The minimum atomic E-state index is -4.85. The number of Topliss-reactive ketones (excluding diaryl/α,β-unsaturated/α-hetero) is 1. The molecule has 1 aliphatic carbocycles. The molecule has 0 atom stereocenters. The fraction of sp³-hybridized carbons (Fsp3) is 0. The summed E-state index contributed by atoms with van der Waals surface area (Å²) in [4.78, 5) is 11.9. The minimum Gasteiger partial charge on any atom is -0.744 e. The summed E-state index contributed by atoms with van der Waals surface area (Å²) in [6.07, 6.45) is 0.965. The van der Waals surface area contributed by atoms with Crippen LogP contribution in [0.4, 0.5) is 22.7 Å². The van der Waals surface area contributed by atoms with Gasteiger partial charge < -0.3 is 14.8 Å². The number of azo groups is 1. The van der Waals surface area contributed by atoms with Crippen LogP contribution in [-0.4, -0.2) is 37.4 Å². The van der Waals surface area contributed by atoms with Crippen molar-refractivity contribution in [1.82, 2.24) is 0 Å². The van der Waals surface area contributed by atoms with Gasteiger partial charge in [0.15, 0.2) is 0 Å². The molecular formula is C32H21N5Na2O7S2. The minimum absolute atomic E-state index is 0. The zero-order valence-corrected chi connectivity index (χ0v) is 31.1. The van der Waals surface area contributed by atoms with E-state index in [1.807, 2.05) is 0 Å². The smallest absolute Gasteiger partial charge is 0.744 e. The van der Waals surface area contributed by atoms with Crippen molar-refractivity contribution in [2.75, 3.05) is 11.2 Å². The van der Waals surface area contributed by atoms with Gasteiger partial charge in [0.25, 0.3) is 0 Å². The average molecular weight is 698 g/mol. The first kappa shape index (κ1) is 37.3. The van der Waals surface area contributed by atoms with E-state index in [2.05, 4.69) is 20.8 Å². The van der Waals surface area contributed by atoms with Crippen molar-refractivity contribution < 1.29 is 89.9 Å². The van der Waals surface area contributed by atoms with Crippen LogP contribution < -0.4 is 70.3 Å². The monoisotopic (exact) mass is 697 g/mol. The summed E-state index contributed by atoms with van der Waals surface area (Å²) < 4.78 is 71.0. The van der Waals surface area contributed by atoms with Crippen LogP contribution >= 0.6 is 0 Å². The SMILES string of the molecule is Nc1c(N=Nc2ccc(-c3ccc(N/N=C4/C=C(S(=O)(=O)[O-])c5ccccc5C4=O)cc3)cc2)cc(S(=O)(=O)[O-])c2ccccc12.[Na+].[Na+]. The Morgan fingerprint density at radius 2 is 1.23 bits per heavy atom. The predicted molar refractivity (Wildman–Crippen MR) is 172 cm³/mol. The zero-order chi connectivity index (χ0) is 32.6. The van der Waals surface area contributed by atoms with Gasteiger partial charge in [-0.15, -0.1) is 5.11 Å². The number of hydrogen-bond donors (Lipinski definition) is 2. The van der Waals surface area contributed by atoms with Gasteiger partial charge in [-0.25, -0.2) is 16.8 Å². The molecule has 230 valence electrons. The van der Waals surface area contributed by atoms with Gasteiger partial charge in [-0.2, -0.15) is 10.2 Å². The fourth-order valence-electron chi connectivity index (χ4n) is 4.93. The third-order valence-corrected chi connectivity index (χ3v) is 8.92. The number of fused-ring (bicyclic) bond motifs is 2. The second-order valence-electron chi connectivity index (χ2n) is 10.1. The van der Waals surface area contributed by atoms with E-state index in [1.54, 1.807) is 72.8 Å². The molecule has 1 aliphatic rings. The Morgan fingerprint density at radius 3 is 1.83 bits per heavy atom. The number of ketones is 1. The number of nitrogen functional groups attached to an aromatic ring is 1. The maximum absolute atomic E-state index is 12.9. The first-order valence-corrected chi connectivity index (χ1v) is 16.3. The maximum atomic E-state index is 12.9. The van der Waals surface area contributed by atoms with Gasteiger partial charge >= 0.3 is 59.1 Å². The van der Waals surface area contributed by atoms with Crippen molar-refractivity contribution in [2.45, 2.75) is 4.90 Å². The number of nitrogens with two attached hydrogens (primary N) is 1. The van der Waals surface area contributed by atoms with Crippen LogP contribution in [0.3, 0.4) is 0 Å². The number of carbonyl (C=O) groups excluding carboxylic acids is 1. The molecule has 0 heterocycles. The molecule has 0 bridgehead atoms. The average Bonchev–Trinajstić information content (AvgIpc) is 3.04. The first-order chi connectivity index (χ1) is 21.9. The van der Waals surface area contributed by atoms with Crippen molar-refractivity contribution in [1.29, 1.82) is 0 Å². The van der Waals surface area contributed by atoms with Crippen molar-refractivity contribution in [2.24, 2.45) is 15.3 Å². The molecule has 0 amide bonds. The van der Waals surface area contributed by atoms with E-state index in [1.165, 1.54) is 24.3 Å². The first-order valence-electron chi connectivity index (χ1n) is 13.4. The molecule has 0 saturated carbocycles. The Morgan fingerprint density at radius 1 is 0.667 bits per heavy atom. The van der Waals surface area contributed by atoms with Crippen molar-refractivity contribution in [3.05, 3.63) is 120 Å². The molecule has 6 rings (SSSR count). The Labute approximate surface area is 319 Å². The topological polar surface area (TPSA) is 207 Å². The maximum Gasteiger partial charge on any atom is 1.00 e. The number of nitrogens with zero attached hydrogens (tertiary/aromatic N) is 3.